The van der Waals surface area contributed by atoms with Crippen LogP contribution < -0.4 is 0 Å². The summed E-state index contributed by atoms with van der Waals surface area (Å²) in [4.78, 5) is 13.5. The molecule has 1 aliphatic rings. The van der Waals surface area contributed by atoms with Gasteiger partial charge in [0.2, 0.25) is 0 Å². The lowest BCUT2D eigenvalue weighted by molar-refractivity contribution is -0.155. The Hall–Kier alpha value is -1.43. The maximum absolute atomic E-state index is 13.5. The summed E-state index contributed by atoms with van der Waals surface area (Å²) in [5.74, 6) is 0.0617. The number of rotatable bonds is 7. The molecule has 0 bridgehead atoms. The van der Waals surface area contributed by atoms with Gasteiger partial charge < -0.3 is 9.16 Å². The van der Waals surface area contributed by atoms with Gasteiger partial charge in [0.05, 0.1) is 5.92 Å². The molecule has 0 aromatic heterocycles. The summed E-state index contributed by atoms with van der Waals surface area (Å²) in [6, 6.07) is 18.3. The van der Waals surface area contributed by atoms with Gasteiger partial charge >= 0.3 is 5.97 Å². The normalized spacial score (nSPS) is 21.9. The van der Waals surface area contributed by atoms with E-state index in [0.717, 1.165) is 29.3 Å². The van der Waals surface area contributed by atoms with Gasteiger partial charge in [-0.05, 0) is 66.1 Å². The first-order valence-corrected chi connectivity index (χ1v) is 15.4. The molecule has 1 fully saturated rings. The highest BCUT2D eigenvalue weighted by Crippen LogP contribution is 2.44. The minimum Gasteiger partial charge on any atom is -0.461 e. The van der Waals surface area contributed by atoms with E-state index in [1.807, 2.05) is 30.3 Å². The highest BCUT2D eigenvalue weighted by atomic mass is 79.9. The molecule has 0 radical (unpaired) electrons. The van der Waals surface area contributed by atoms with Gasteiger partial charge in [-0.15, -0.1) is 0 Å². The van der Waals surface area contributed by atoms with E-state index in [2.05, 4.69) is 74.1 Å². The second kappa shape index (κ2) is 10.7. The number of carbonyl (C=O) groups excluding carboxylic acids is 1. The van der Waals surface area contributed by atoms with E-state index in [1.54, 1.807) is 0 Å². The summed E-state index contributed by atoms with van der Waals surface area (Å²) in [5.41, 5.74) is 2.23. The van der Waals surface area contributed by atoms with Gasteiger partial charge in [-0.2, -0.15) is 0 Å². The minimum atomic E-state index is -1.89. The summed E-state index contributed by atoms with van der Waals surface area (Å²) in [6.07, 6.45) is 3.12. The van der Waals surface area contributed by atoms with Crippen LogP contribution in [0.1, 0.15) is 57.1 Å². The van der Waals surface area contributed by atoms with E-state index in [-0.39, 0.29) is 28.8 Å². The fraction of sp³-hybridized carbons (Fsp3) is 0.519. The van der Waals surface area contributed by atoms with E-state index in [9.17, 15) is 4.79 Å². The number of hydrogen-bond donors (Lipinski definition) is 0. The summed E-state index contributed by atoms with van der Waals surface area (Å²) < 4.78 is 13.5. The molecular formula is C27H37BrO3Si. The number of esters is 1. The zero-order valence-electron chi connectivity index (χ0n) is 20.1. The van der Waals surface area contributed by atoms with Crippen molar-refractivity contribution in [2.24, 2.45) is 11.8 Å². The highest BCUT2D eigenvalue weighted by Gasteiger charge is 2.43. The molecule has 32 heavy (non-hydrogen) atoms. The van der Waals surface area contributed by atoms with Crippen LogP contribution in [0.3, 0.4) is 0 Å². The van der Waals surface area contributed by atoms with Crippen molar-refractivity contribution < 1.29 is 14.0 Å². The van der Waals surface area contributed by atoms with Gasteiger partial charge in [-0.1, -0.05) is 85.6 Å². The van der Waals surface area contributed by atoms with Crippen LogP contribution in [-0.2, 0) is 20.6 Å². The summed E-state index contributed by atoms with van der Waals surface area (Å²) in [7, 11) is -1.89. The molecule has 3 rings (SSSR count). The van der Waals surface area contributed by atoms with Gasteiger partial charge in [0, 0.05) is 11.1 Å². The maximum atomic E-state index is 13.5. The fourth-order valence-electron chi connectivity index (χ4n) is 4.27. The zero-order chi connectivity index (χ0) is 23.4. The number of ether oxygens (including phenoxy) is 1. The second-order valence-corrected chi connectivity index (χ2v) is 16.3. The number of benzene rings is 2. The average molecular weight is 518 g/mol. The standard InChI is InChI=1S/C27H37BrO3Si/c1-27(2,3)32(4,5)31-19-22-12-9-13-24(21-14-16-23(28)17-15-21)25(22)26(29)30-18-20-10-7-6-8-11-20/h6-8,10-11,14-17,22,24-25H,9,12-13,18-19H2,1-5H3/t22-,24+,25-/m0/s1. The van der Waals surface area contributed by atoms with E-state index >= 15 is 0 Å². The summed E-state index contributed by atoms with van der Waals surface area (Å²) >= 11 is 3.53. The van der Waals surface area contributed by atoms with Crippen molar-refractivity contribution in [2.45, 2.75) is 70.7 Å². The molecule has 0 heterocycles. The monoisotopic (exact) mass is 516 g/mol. The van der Waals surface area contributed by atoms with Gasteiger partial charge in [0.15, 0.2) is 8.32 Å². The Balaban J connectivity index is 1.81. The van der Waals surface area contributed by atoms with Crippen LogP contribution in [0.4, 0.5) is 0 Å². The SMILES string of the molecule is CC(C)(C)[Si](C)(C)OC[C@@H]1CCC[C@H](c2ccc(Br)cc2)[C@H]1C(=O)OCc1ccccc1. The molecule has 2 aromatic carbocycles. The van der Waals surface area contributed by atoms with Crippen LogP contribution in [0.15, 0.2) is 59.1 Å². The van der Waals surface area contributed by atoms with E-state index < -0.39 is 8.32 Å². The molecule has 174 valence electrons. The first-order valence-electron chi connectivity index (χ1n) is 11.7. The minimum absolute atomic E-state index is 0.0923. The zero-order valence-corrected chi connectivity index (χ0v) is 22.7. The summed E-state index contributed by atoms with van der Waals surface area (Å²) in [6.45, 7) is 12.3. The molecule has 0 amide bonds. The Morgan fingerprint density at radius 1 is 1.03 bits per heavy atom. The van der Waals surface area contributed by atoms with Gasteiger partial charge in [-0.3, -0.25) is 4.79 Å². The molecule has 0 aliphatic heterocycles. The first kappa shape index (κ1) is 25.2. The number of halogens is 1. The van der Waals surface area contributed by atoms with Crippen LogP contribution in [0.25, 0.3) is 0 Å². The summed E-state index contributed by atoms with van der Waals surface area (Å²) in [5, 5.41) is 0.149. The van der Waals surface area contributed by atoms with Crippen molar-refractivity contribution in [1.29, 1.82) is 0 Å². The van der Waals surface area contributed by atoms with Crippen molar-refractivity contribution in [2.75, 3.05) is 6.61 Å². The van der Waals surface area contributed by atoms with Crippen LogP contribution in [0.5, 0.6) is 0 Å². The molecule has 0 N–H and O–H groups in total. The van der Waals surface area contributed by atoms with Crippen LogP contribution in [-0.4, -0.2) is 20.9 Å². The molecule has 0 spiro atoms. The van der Waals surface area contributed by atoms with Crippen molar-refractivity contribution in [3.05, 3.63) is 70.2 Å². The third-order valence-electron chi connectivity index (χ3n) is 7.29. The van der Waals surface area contributed by atoms with Crippen molar-refractivity contribution >= 4 is 30.2 Å². The molecule has 2 aromatic rings. The molecule has 3 atom stereocenters. The lowest BCUT2D eigenvalue weighted by atomic mass is 9.69. The first-order chi connectivity index (χ1) is 15.1. The lowest BCUT2D eigenvalue weighted by Crippen LogP contribution is -2.44. The van der Waals surface area contributed by atoms with Crippen LogP contribution in [0, 0.1) is 11.8 Å². The maximum Gasteiger partial charge on any atom is 0.310 e. The highest BCUT2D eigenvalue weighted by molar-refractivity contribution is 9.10. The molecule has 1 saturated carbocycles. The molecule has 5 heteroatoms. The molecule has 0 saturated heterocycles. The van der Waals surface area contributed by atoms with E-state index in [1.165, 1.54) is 5.56 Å². The Labute approximate surface area is 203 Å². The smallest absolute Gasteiger partial charge is 0.310 e. The third-order valence-corrected chi connectivity index (χ3v) is 12.3. The van der Waals surface area contributed by atoms with Crippen molar-refractivity contribution in [3.63, 3.8) is 0 Å². The molecule has 0 unspecified atom stereocenters. The second-order valence-electron chi connectivity index (χ2n) is 10.5. The van der Waals surface area contributed by atoms with Crippen molar-refractivity contribution in [3.8, 4) is 0 Å². The Kier molecular flexibility index (Phi) is 8.40. The third kappa shape index (κ3) is 6.33. The average Bonchev–Trinajstić information content (AvgIpc) is 2.76. The van der Waals surface area contributed by atoms with Gasteiger partial charge in [0.1, 0.15) is 6.61 Å². The van der Waals surface area contributed by atoms with E-state index in [4.69, 9.17) is 9.16 Å². The molecule has 1 aliphatic carbocycles. The molecular weight excluding hydrogens is 480 g/mol. The molecule has 3 nitrogen and oxygen atoms in total. The Morgan fingerprint density at radius 3 is 2.31 bits per heavy atom. The van der Waals surface area contributed by atoms with Crippen molar-refractivity contribution in [1.82, 2.24) is 0 Å². The number of carbonyl (C=O) groups is 1. The van der Waals surface area contributed by atoms with E-state index in [0.29, 0.717) is 13.2 Å². The van der Waals surface area contributed by atoms with Gasteiger partial charge in [-0.25, -0.2) is 0 Å². The Morgan fingerprint density at radius 2 is 1.69 bits per heavy atom. The predicted molar refractivity (Wildman–Crippen MR) is 137 cm³/mol. The lowest BCUT2D eigenvalue weighted by Gasteiger charge is -2.41. The quantitative estimate of drug-likeness (QED) is 0.279. The fourth-order valence-corrected chi connectivity index (χ4v) is 5.60. The van der Waals surface area contributed by atoms with Gasteiger partial charge in [0.25, 0.3) is 0 Å². The largest absolute Gasteiger partial charge is 0.461 e. The van der Waals surface area contributed by atoms with Crippen LogP contribution >= 0.6 is 15.9 Å². The topological polar surface area (TPSA) is 35.5 Å². The predicted octanol–water partition coefficient (Wildman–Crippen LogP) is 7.71. The number of hydrogen-bond acceptors (Lipinski definition) is 3. The van der Waals surface area contributed by atoms with Crippen LogP contribution in [0.2, 0.25) is 18.1 Å². The Bertz CT molecular complexity index is 874.